The molecule has 0 radical (unpaired) electrons. The minimum atomic E-state index is -0.294. The molecule has 3 heterocycles. The normalized spacial score (nSPS) is 18.1. The third-order valence-corrected chi connectivity index (χ3v) is 7.41. The Morgan fingerprint density at radius 1 is 1.18 bits per heavy atom. The van der Waals surface area contributed by atoms with Crippen LogP contribution in [0, 0.1) is 5.92 Å². The molecule has 2 aromatic heterocycles. The first-order valence-electron chi connectivity index (χ1n) is 11.8. The van der Waals surface area contributed by atoms with E-state index in [9.17, 15) is 14.4 Å². The van der Waals surface area contributed by atoms with Crippen LogP contribution in [-0.2, 0) is 22.6 Å². The number of nitrogens with zero attached hydrogens (tertiary/aromatic N) is 4. The van der Waals surface area contributed by atoms with Gasteiger partial charge in [-0.1, -0.05) is 30.4 Å². The zero-order valence-corrected chi connectivity index (χ0v) is 19.9. The van der Waals surface area contributed by atoms with Gasteiger partial charge in [0, 0.05) is 24.8 Å². The van der Waals surface area contributed by atoms with Crippen molar-refractivity contribution in [3.8, 4) is 0 Å². The molecule has 1 atom stereocenters. The molecule has 1 saturated carbocycles. The summed E-state index contributed by atoms with van der Waals surface area (Å²) in [5.74, 6) is -0.247. The van der Waals surface area contributed by atoms with Crippen LogP contribution in [0.3, 0.4) is 0 Å². The lowest BCUT2D eigenvalue weighted by atomic mass is 9.97. The largest absolute Gasteiger partial charge is 0.353 e. The third-order valence-electron chi connectivity index (χ3n) is 6.32. The van der Waals surface area contributed by atoms with Crippen molar-refractivity contribution in [3.63, 3.8) is 0 Å². The van der Waals surface area contributed by atoms with Gasteiger partial charge < -0.3 is 15.5 Å². The van der Waals surface area contributed by atoms with Crippen LogP contribution in [-0.4, -0.2) is 45.5 Å². The summed E-state index contributed by atoms with van der Waals surface area (Å²) in [5, 5.41) is 6.61. The molecule has 5 rings (SSSR count). The lowest BCUT2D eigenvalue weighted by Crippen LogP contribution is -2.43. The van der Waals surface area contributed by atoms with Crippen molar-refractivity contribution < 1.29 is 9.59 Å². The highest BCUT2D eigenvalue weighted by Crippen LogP contribution is 2.30. The minimum Gasteiger partial charge on any atom is -0.353 e. The maximum atomic E-state index is 13.0. The predicted octanol–water partition coefficient (Wildman–Crippen LogP) is 2.55. The van der Waals surface area contributed by atoms with Gasteiger partial charge in [-0.3, -0.25) is 19.0 Å². The van der Waals surface area contributed by atoms with Gasteiger partial charge in [-0.15, -0.1) is 0 Å². The number of anilines is 2. The van der Waals surface area contributed by atoms with Gasteiger partial charge in [0.1, 0.15) is 17.6 Å². The van der Waals surface area contributed by atoms with E-state index in [0.717, 1.165) is 38.6 Å². The molecule has 34 heavy (non-hydrogen) atoms. The van der Waals surface area contributed by atoms with E-state index in [4.69, 9.17) is 0 Å². The second-order valence-corrected chi connectivity index (χ2v) is 9.97. The number of thiazole rings is 1. The zero-order chi connectivity index (χ0) is 23.7. The van der Waals surface area contributed by atoms with E-state index in [-0.39, 0.29) is 29.8 Å². The number of hydrogen-bond donors (Lipinski definition) is 2. The van der Waals surface area contributed by atoms with Crippen molar-refractivity contribution in [3.05, 3.63) is 46.5 Å². The number of rotatable bonds is 7. The Bertz CT molecular complexity index is 1260. The summed E-state index contributed by atoms with van der Waals surface area (Å²) in [6, 6.07) is 7.99. The lowest BCUT2D eigenvalue weighted by molar-refractivity contribution is -0.125. The maximum absolute atomic E-state index is 13.0. The van der Waals surface area contributed by atoms with Gasteiger partial charge in [0.05, 0.1) is 5.92 Å². The fraction of sp³-hybridized carbons (Fsp3) is 0.458. The first kappa shape index (κ1) is 22.5. The Kier molecular flexibility index (Phi) is 6.32. The van der Waals surface area contributed by atoms with E-state index >= 15 is 0 Å². The zero-order valence-electron chi connectivity index (χ0n) is 19.1. The standard InChI is InChI=1S/C24H28N6O3S/c1-2-15-5-7-17(8-6-15)26-19(31)13-30-14-25-21-20(23(30)33)34-24(28-21)29-11-3-4-16(12-29)22(32)27-18-9-10-18/h5-8,14,16,18H,2-4,9-13H2,1H3,(H,26,31)(H,27,32)/t16-/m1/s1. The highest BCUT2D eigenvalue weighted by Gasteiger charge is 2.31. The van der Waals surface area contributed by atoms with Crippen molar-refractivity contribution in [1.29, 1.82) is 0 Å². The number of benzene rings is 1. The van der Waals surface area contributed by atoms with Crippen LogP contribution in [0.25, 0.3) is 10.3 Å². The second-order valence-electron chi connectivity index (χ2n) is 8.99. The number of fused-ring (bicyclic) bond motifs is 1. The van der Waals surface area contributed by atoms with Crippen LogP contribution >= 0.6 is 11.3 Å². The SMILES string of the molecule is CCc1ccc(NC(=O)Cn2cnc3nc(N4CCC[C@@H](C(=O)NC5CC5)C4)sc3c2=O)cc1. The van der Waals surface area contributed by atoms with Crippen LogP contribution in [0.4, 0.5) is 10.8 Å². The molecule has 0 unspecified atom stereocenters. The summed E-state index contributed by atoms with van der Waals surface area (Å²) in [7, 11) is 0. The fourth-order valence-corrected chi connectivity index (χ4v) is 5.18. The van der Waals surface area contributed by atoms with Gasteiger partial charge in [-0.25, -0.2) is 4.98 Å². The minimum absolute atomic E-state index is 0.0685. The van der Waals surface area contributed by atoms with Crippen molar-refractivity contribution in [1.82, 2.24) is 19.9 Å². The Morgan fingerprint density at radius 2 is 1.97 bits per heavy atom. The van der Waals surface area contributed by atoms with E-state index in [1.54, 1.807) is 0 Å². The van der Waals surface area contributed by atoms with E-state index < -0.39 is 0 Å². The van der Waals surface area contributed by atoms with Gasteiger partial charge in [-0.05, 0) is 49.8 Å². The van der Waals surface area contributed by atoms with Gasteiger partial charge in [0.25, 0.3) is 5.56 Å². The number of amides is 2. The van der Waals surface area contributed by atoms with Crippen LogP contribution in [0.1, 0.15) is 38.2 Å². The van der Waals surface area contributed by atoms with Crippen LogP contribution in [0.2, 0.25) is 0 Å². The third kappa shape index (κ3) is 4.96. The molecule has 0 bridgehead atoms. The van der Waals surface area contributed by atoms with Crippen molar-refractivity contribution >= 4 is 44.3 Å². The summed E-state index contributed by atoms with van der Waals surface area (Å²) in [6.07, 6.45) is 6.20. The molecule has 2 N–H and O–H groups in total. The number of aryl methyl sites for hydroxylation is 1. The number of hydrogen-bond acceptors (Lipinski definition) is 7. The Hall–Kier alpha value is -3.27. The molecule has 2 amide bonds. The number of nitrogens with one attached hydrogen (secondary N) is 2. The molecule has 1 aliphatic heterocycles. The lowest BCUT2D eigenvalue weighted by Gasteiger charge is -2.31. The summed E-state index contributed by atoms with van der Waals surface area (Å²) >= 11 is 1.28. The van der Waals surface area contributed by atoms with E-state index in [0.29, 0.717) is 33.8 Å². The van der Waals surface area contributed by atoms with Crippen molar-refractivity contribution in [2.75, 3.05) is 23.3 Å². The first-order chi connectivity index (χ1) is 16.5. The molecule has 1 aromatic carbocycles. The highest BCUT2D eigenvalue weighted by atomic mass is 32.1. The molecule has 2 fully saturated rings. The molecule has 178 valence electrons. The number of carbonyl (C=O) groups excluding carboxylic acids is 2. The Morgan fingerprint density at radius 3 is 2.71 bits per heavy atom. The molecule has 1 aliphatic carbocycles. The van der Waals surface area contributed by atoms with Crippen LogP contribution < -0.4 is 21.1 Å². The van der Waals surface area contributed by atoms with Gasteiger partial charge in [-0.2, -0.15) is 4.98 Å². The number of aromatic nitrogens is 3. The molecule has 1 saturated heterocycles. The monoisotopic (exact) mass is 480 g/mol. The molecule has 2 aliphatic rings. The van der Waals surface area contributed by atoms with E-state index in [1.165, 1.54) is 27.8 Å². The van der Waals surface area contributed by atoms with Gasteiger partial charge in [0.2, 0.25) is 11.8 Å². The topological polar surface area (TPSA) is 109 Å². The fourth-order valence-electron chi connectivity index (χ4n) is 4.17. The molecule has 10 heteroatoms. The van der Waals surface area contributed by atoms with Crippen LogP contribution in [0.15, 0.2) is 35.4 Å². The quantitative estimate of drug-likeness (QED) is 0.538. The Labute approximate surface area is 201 Å². The van der Waals surface area contributed by atoms with Crippen molar-refractivity contribution in [2.45, 2.75) is 51.6 Å². The Balaban J connectivity index is 1.28. The van der Waals surface area contributed by atoms with Gasteiger partial charge >= 0.3 is 0 Å². The number of carbonyl (C=O) groups is 2. The smallest absolute Gasteiger partial charge is 0.273 e. The van der Waals surface area contributed by atoms with Crippen LogP contribution in [0.5, 0.6) is 0 Å². The molecule has 9 nitrogen and oxygen atoms in total. The second kappa shape index (κ2) is 9.54. The molecule has 0 spiro atoms. The summed E-state index contributed by atoms with van der Waals surface area (Å²) in [6.45, 7) is 3.33. The summed E-state index contributed by atoms with van der Waals surface area (Å²) < 4.78 is 1.73. The molecular weight excluding hydrogens is 452 g/mol. The molecular formula is C24H28N6O3S. The van der Waals surface area contributed by atoms with Gasteiger partial charge in [0.15, 0.2) is 10.8 Å². The summed E-state index contributed by atoms with van der Waals surface area (Å²) in [5.41, 5.74) is 1.97. The van der Waals surface area contributed by atoms with Crippen molar-refractivity contribution in [2.24, 2.45) is 5.92 Å². The van der Waals surface area contributed by atoms with E-state index in [1.807, 2.05) is 24.3 Å². The average molecular weight is 481 g/mol. The first-order valence-corrected chi connectivity index (χ1v) is 12.6. The van der Waals surface area contributed by atoms with E-state index in [2.05, 4.69) is 32.4 Å². The maximum Gasteiger partial charge on any atom is 0.273 e. The average Bonchev–Trinajstić information content (AvgIpc) is 3.55. The molecule has 3 aromatic rings. The summed E-state index contributed by atoms with van der Waals surface area (Å²) in [4.78, 5) is 49.0. The predicted molar refractivity (Wildman–Crippen MR) is 132 cm³/mol. The highest BCUT2D eigenvalue weighted by molar-refractivity contribution is 7.22. The number of piperidine rings is 1.